The summed E-state index contributed by atoms with van der Waals surface area (Å²) < 4.78 is 0. The van der Waals surface area contributed by atoms with Gasteiger partial charge in [0.2, 0.25) is 0 Å². The summed E-state index contributed by atoms with van der Waals surface area (Å²) in [6.45, 7) is 21.2. The average Bonchev–Trinajstić information content (AvgIpc) is 3.35. The van der Waals surface area contributed by atoms with Crippen LogP contribution in [-0.2, 0) is 12.8 Å². The molecule has 3 aromatic heterocycles. The normalized spacial score (nSPS) is 9.41. The number of hydrogen-bond acceptors (Lipinski definition) is 3. The van der Waals surface area contributed by atoms with E-state index < -0.39 is 0 Å². The summed E-state index contributed by atoms with van der Waals surface area (Å²) in [6.07, 6.45) is 2.29. The van der Waals surface area contributed by atoms with Crippen molar-refractivity contribution < 1.29 is 0 Å². The Labute approximate surface area is 180 Å². The lowest BCUT2D eigenvalue weighted by Crippen LogP contribution is -1.78. The zero-order valence-corrected chi connectivity index (χ0v) is 21.4. The van der Waals surface area contributed by atoms with E-state index in [4.69, 9.17) is 0 Å². The number of rotatable bonds is 3. The van der Waals surface area contributed by atoms with E-state index in [2.05, 4.69) is 65.8 Å². The van der Waals surface area contributed by atoms with Crippen LogP contribution in [0.4, 0.5) is 0 Å². The largest absolute Gasteiger partial charge is 0.145 e. The zero-order valence-electron chi connectivity index (χ0n) is 18.9. The molecular weight excluding hydrogens is 384 g/mol. The first-order valence-corrected chi connectivity index (χ1v) is 12.5. The van der Waals surface area contributed by atoms with Gasteiger partial charge in [0.15, 0.2) is 0 Å². The van der Waals surface area contributed by atoms with E-state index in [0.717, 1.165) is 6.42 Å². The first-order chi connectivity index (χ1) is 12.9. The Morgan fingerprint density at radius 1 is 0.630 bits per heavy atom. The molecule has 0 saturated carbocycles. The fourth-order valence-corrected chi connectivity index (χ4v) is 5.52. The molecule has 0 nitrogen and oxygen atoms in total. The smallest absolute Gasteiger partial charge is 0.0163 e. The van der Waals surface area contributed by atoms with Crippen molar-refractivity contribution in [2.24, 2.45) is 0 Å². The first kappa shape index (κ1) is 26.1. The van der Waals surface area contributed by atoms with E-state index >= 15 is 0 Å². The lowest BCUT2D eigenvalue weighted by molar-refractivity contribution is 1.15. The van der Waals surface area contributed by atoms with Crippen LogP contribution in [0.15, 0.2) is 24.3 Å². The monoisotopic (exact) mass is 422 g/mol. The third-order valence-electron chi connectivity index (χ3n) is 4.05. The first-order valence-electron chi connectivity index (χ1n) is 10.1. The summed E-state index contributed by atoms with van der Waals surface area (Å²) in [5.41, 5.74) is 2.99. The summed E-state index contributed by atoms with van der Waals surface area (Å²) in [5, 5.41) is 0. The van der Waals surface area contributed by atoms with Gasteiger partial charge in [-0.25, -0.2) is 0 Å². The van der Waals surface area contributed by atoms with Crippen molar-refractivity contribution in [2.45, 2.75) is 82.1 Å². The van der Waals surface area contributed by atoms with E-state index in [0.29, 0.717) is 0 Å². The molecule has 0 aliphatic rings. The van der Waals surface area contributed by atoms with Gasteiger partial charge in [0.05, 0.1) is 0 Å². The highest BCUT2D eigenvalue weighted by atomic mass is 32.1. The Bertz CT molecular complexity index is 718. The Kier molecular flexibility index (Phi) is 13.7. The highest BCUT2D eigenvalue weighted by Crippen LogP contribution is 2.26. The SMILES string of the molecule is CC.CC.CCc1sc(C)c(C)c1C.Cc1ccc(Cc2ccc(C)s2)s1. The van der Waals surface area contributed by atoms with Crippen molar-refractivity contribution >= 4 is 34.0 Å². The molecule has 0 radical (unpaired) electrons. The van der Waals surface area contributed by atoms with Crippen LogP contribution >= 0.6 is 34.0 Å². The maximum absolute atomic E-state index is 2.23. The summed E-state index contributed by atoms with van der Waals surface area (Å²) in [6, 6.07) is 8.85. The molecule has 3 aromatic rings. The van der Waals surface area contributed by atoms with Crippen molar-refractivity contribution in [2.75, 3.05) is 0 Å². The molecule has 0 aliphatic carbocycles. The van der Waals surface area contributed by atoms with Crippen LogP contribution in [0.3, 0.4) is 0 Å². The van der Waals surface area contributed by atoms with Gasteiger partial charge in [0, 0.05) is 35.7 Å². The molecule has 0 spiro atoms. The standard InChI is InChI=1S/C11H12S2.C9H14S.2C2H6/c1-8-3-5-10(12-8)7-11-6-4-9(2)13-11;1-5-9-7(3)6(2)8(4)10-9;2*1-2/h3-6H,7H2,1-2H3;5H2,1-4H3;2*1-2H3. The zero-order chi connectivity index (χ0) is 21.0. The molecule has 0 atom stereocenters. The summed E-state index contributed by atoms with van der Waals surface area (Å²) in [4.78, 5) is 8.79. The molecule has 27 heavy (non-hydrogen) atoms. The van der Waals surface area contributed by atoms with E-state index in [1.165, 1.54) is 41.9 Å². The number of aryl methyl sites for hydroxylation is 4. The fraction of sp³-hybridized carbons (Fsp3) is 0.500. The van der Waals surface area contributed by atoms with Gasteiger partial charge in [-0.2, -0.15) is 0 Å². The van der Waals surface area contributed by atoms with Crippen LogP contribution < -0.4 is 0 Å². The third kappa shape index (κ3) is 8.76. The minimum absolute atomic E-state index is 1.11. The Morgan fingerprint density at radius 3 is 1.30 bits per heavy atom. The van der Waals surface area contributed by atoms with E-state index in [-0.39, 0.29) is 0 Å². The predicted octanol–water partition coefficient (Wildman–Crippen LogP) is 9.31. The van der Waals surface area contributed by atoms with Gasteiger partial charge in [-0.3, -0.25) is 0 Å². The van der Waals surface area contributed by atoms with Gasteiger partial charge >= 0.3 is 0 Å². The highest BCUT2D eigenvalue weighted by Gasteiger charge is 2.05. The topological polar surface area (TPSA) is 0 Å². The maximum atomic E-state index is 2.23. The van der Waals surface area contributed by atoms with Gasteiger partial charge in [-0.05, 0) is 76.4 Å². The van der Waals surface area contributed by atoms with Crippen LogP contribution in [0.25, 0.3) is 0 Å². The van der Waals surface area contributed by atoms with Gasteiger partial charge < -0.3 is 0 Å². The molecule has 0 unspecified atom stereocenters. The minimum Gasteiger partial charge on any atom is -0.145 e. The quantitative estimate of drug-likeness (QED) is 0.394. The molecule has 0 aliphatic heterocycles. The molecular formula is C24H38S3. The second-order valence-corrected chi connectivity index (χ2v) is 9.94. The van der Waals surface area contributed by atoms with Crippen molar-refractivity contribution in [1.82, 2.24) is 0 Å². The summed E-state index contributed by atoms with van der Waals surface area (Å²) >= 11 is 5.74. The molecule has 3 heterocycles. The van der Waals surface area contributed by atoms with Crippen LogP contribution in [0, 0.1) is 34.6 Å². The number of thiophene rings is 3. The summed E-state index contributed by atoms with van der Waals surface area (Å²) in [7, 11) is 0. The maximum Gasteiger partial charge on any atom is 0.0163 e. The van der Waals surface area contributed by atoms with Gasteiger partial charge in [0.1, 0.15) is 0 Å². The van der Waals surface area contributed by atoms with Gasteiger partial charge in [-0.1, -0.05) is 34.6 Å². The molecule has 152 valence electrons. The lowest BCUT2D eigenvalue weighted by atomic mass is 10.1. The van der Waals surface area contributed by atoms with Crippen LogP contribution in [-0.4, -0.2) is 0 Å². The molecule has 0 bridgehead atoms. The number of hydrogen-bond donors (Lipinski definition) is 0. The van der Waals surface area contributed by atoms with Gasteiger partial charge in [0.25, 0.3) is 0 Å². The molecule has 0 N–H and O–H groups in total. The Hall–Kier alpha value is -0.900. The highest BCUT2D eigenvalue weighted by molar-refractivity contribution is 7.13. The molecule has 0 aromatic carbocycles. The molecule has 0 fully saturated rings. The second-order valence-electron chi connectivity index (χ2n) is 5.89. The van der Waals surface area contributed by atoms with E-state index in [1.54, 1.807) is 4.88 Å². The molecule has 0 saturated heterocycles. The third-order valence-corrected chi connectivity index (χ3v) is 7.50. The van der Waals surface area contributed by atoms with E-state index in [9.17, 15) is 0 Å². The van der Waals surface area contributed by atoms with Gasteiger partial charge in [-0.15, -0.1) is 34.0 Å². The van der Waals surface area contributed by atoms with Crippen molar-refractivity contribution in [3.05, 3.63) is 64.7 Å². The molecule has 3 heteroatoms. The van der Waals surface area contributed by atoms with E-state index in [1.807, 2.05) is 61.7 Å². The average molecular weight is 423 g/mol. The predicted molar refractivity (Wildman–Crippen MR) is 132 cm³/mol. The van der Waals surface area contributed by atoms with Crippen LogP contribution in [0.5, 0.6) is 0 Å². The molecule has 0 amide bonds. The lowest BCUT2D eigenvalue weighted by Gasteiger charge is -1.92. The second kappa shape index (κ2) is 14.1. The summed E-state index contributed by atoms with van der Waals surface area (Å²) in [5.74, 6) is 0. The Morgan fingerprint density at radius 2 is 1.07 bits per heavy atom. The van der Waals surface area contributed by atoms with Crippen molar-refractivity contribution in [3.8, 4) is 0 Å². The fourth-order valence-electron chi connectivity index (χ4n) is 2.48. The van der Waals surface area contributed by atoms with Crippen molar-refractivity contribution in [1.29, 1.82) is 0 Å². The molecule has 3 rings (SSSR count). The van der Waals surface area contributed by atoms with Crippen LogP contribution in [0.2, 0.25) is 0 Å². The minimum atomic E-state index is 1.11. The Balaban J connectivity index is 0.000000434. The van der Waals surface area contributed by atoms with Crippen LogP contribution in [0.1, 0.15) is 75.0 Å². The van der Waals surface area contributed by atoms with Crippen molar-refractivity contribution in [3.63, 3.8) is 0 Å².